The van der Waals surface area contributed by atoms with Crippen LogP contribution in [0.2, 0.25) is 0 Å². The van der Waals surface area contributed by atoms with Gasteiger partial charge in [-0.25, -0.2) is 0 Å². The zero-order valence-corrected chi connectivity index (χ0v) is 7.60. The molecule has 0 aromatic heterocycles. The molecule has 0 aromatic rings. The molecule has 0 spiro atoms. The molecule has 0 aliphatic carbocycles. The number of hydrogen-bond acceptors (Lipinski definition) is 2. The van der Waals surface area contributed by atoms with E-state index in [1.54, 1.807) is 0 Å². The van der Waals surface area contributed by atoms with E-state index in [9.17, 15) is 0 Å². The maximum Gasteiger partial charge on any atom is 0.0132 e. The van der Waals surface area contributed by atoms with Crippen molar-refractivity contribution < 1.29 is 0 Å². The van der Waals surface area contributed by atoms with Crippen molar-refractivity contribution in [1.82, 2.24) is 0 Å². The molecule has 0 nitrogen and oxygen atoms in total. The first-order valence-electron chi connectivity index (χ1n) is 2.78. The Labute approximate surface area is 60.8 Å². The van der Waals surface area contributed by atoms with E-state index in [2.05, 4.69) is 26.4 Å². The second-order valence-electron chi connectivity index (χ2n) is 1.88. The molecule has 8 heavy (non-hydrogen) atoms. The average molecular weight is 150 g/mol. The average Bonchev–Trinajstić information content (AvgIpc) is 1.84. The van der Waals surface area contributed by atoms with Crippen molar-refractivity contribution in [3.63, 3.8) is 0 Å². The van der Waals surface area contributed by atoms with Gasteiger partial charge < -0.3 is 0 Å². The lowest BCUT2D eigenvalue weighted by molar-refractivity contribution is 0.932. The Morgan fingerprint density at radius 3 is 1.25 bits per heavy atom. The lowest BCUT2D eigenvalue weighted by atomic mass is 10.4. The molecule has 0 aliphatic rings. The summed E-state index contributed by atoms with van der Waals surface area (Å²) in [6.07, 6.45) is 4.33. The quantitative estimate of drug-likeness (QED) is 0.606. The standard InChI is InChI=1S/C6H14S2/c1-5(7-3)6(2)8-4/h5-6H,1-4H3. The Bertz CT molecular complexity index is 46.5. The zero-order chi connectivity index (χ0) is 6.57. The van der Waals surface area contributed by atoms with Crippen LogP contribution >= 0.6 is 23.5 Å². The molecular weight excluding hydrogens is 136 g/mol. The molecule has 0 bridgehead atoms. The molecule has 0 heterocycles. The van der Waals surface area contributed by atoms with Crippen molar-refractivity contribution >= 4 is 23.5 Å². The van der Waals surface area contributed by atoms with Gasteiger partial charge in [0.15, 0.2) is 0 Å². The van der Waals surface area contributed by atoms with Crippen molar-refractivity contribution in [3.05, 3.63) is 0 Å². The first-order chi connectivity index (χ1) is 3.72. The Morgan fingerprint density at radius 1 is 0.875 bits per heavy atom. The summed E-state index contributed by atoms with van der Waals surface area (Å²) in [6, 6.07) is 0. The van der Waals surface area contributed by atoms with Gasteiger partial charge in [0.2, 0.25) is 0 Å². The number of rotatable bonds is 3. The SMILES string of the molecule is CSC(C)C(C)SC. The lowest BCUT2D eigenvalue weighted by Gasteiger charge is -2.13. The Balaban J connectivity index is 3.29. The van der Waals surface area contributed by atoms with Crippen molar-refractivity contribution in [2.45, 2.75) is 24.3 Å². The minimum absolute atomic E-state index is 0.796. The van der Waals surface area contributed by atoms with Crippen LogP contribution in [0, 0.1) is 0 Å². The maximum atomic E-state index is 2.27. The second kappa shape index (κ2) is 4.57. The number of thioether (sulfide) groups is 2. The highest BCUT2D eigenvalue weighted by Crippen LogP contribution is 2.19. The summed E-state index contributed by atoms with van der Waals surface area (Å²) in [6.45, 7) is 4.54. The van der Waals surface area contributed by atoms with Crippen LogP contribution in [0.15, 0.2) is 0 Å². The third-order valence-corrected chi connectivity index (χ3v) is 3.88. The fraction of sp³-hybridized carbons (Fsp3) is 1.00. The molecule has 0 saturated heterocycles. The van der Waals surface area contributed by atoms with Crippen LogP contribution in [-0.4, -0.2) is 23.0 Å². The van der Waals surface area contributed by atoms with Gasteiger partial charge in [0.25, 0.3) is 0 Å². The van der Waals surface area contributed by atoms with Crippen molar-refractivity contribution in [1.29, 1.82) is 0 Å². The minimum Gasteiger partial charge on any atom is -0.161 e. The molecule has 2 unspecified atom stereocenters. The first kappa shape index (κ1) is 8.70. The van der Waals surface area contributed by atoms with E-state index in [-0.39, 0.29) is 0 Å². The van der Waals surface area contributed by atoms with Gasteiger partial charge in [-0.3, -0.25) is 0 Å². The van der Waals surface area contributed by atoms with Crippen molar-refractivity contribution in [3.8, 4) is 0 Å². The molecular formula is C6H14S2. The maximum absolute atomic E-state index is 2.27. The lowest BCUT2D eigenvalue weighted by Crippen LogP contribution is -2.10. The molecule has 0 amide bonds. The normalized spacial score (nSPS) is 18.0. The fourth-order valence-electron chi connectivity index (χ4n) is 0.383. The number of hydrogen-bond donors (Lipinski definition) is 0. The Kier molecular flexibility index (Phi) is 4.97. The van der Waals surface area contributed by atoms with Gasteiger partial charge in [0, 0.05) is 10.5 Å². The monoisotopic (exact) mass is 150 g/mol. The molecule has 0 aromatic carbocycles. The van der Waals surface area contributed by atoms with E-state index in [0.29, 0.717) is 0 Å². The second-order valence-corrected chi connectivity index (χ2v) is 4.31. The smallest absolute Gasteiger partial charge is 0.0132 e. The van der Waals surface area contributed by atoms with Gasteiger partial charge in [-0.15, -0.1) is 0 Å². The van der Waals surface area contributed by atoms with Crippen LogP contribution in [0.3, 0.4) is 0 Å². The topological polar surface area (TPSA) is 0 Å². The van der Waals surface area contributed by atoms with E-state index >= 15 is 0 Å². The highest BCUT2D eigenvalue weighted by molar-refractivity contribution is 8.03. The third-order valence-electron chi connectivity index (χ3n) is 1.40. The summed E-state index contributed by atoms with van der Waals surface area (Å²) >= 11 is 3.87. The molecule has 50 valence electrons. The summed E-state index contributed by atoms with van der Waals surface area (Å²) in [5.74, 6) is 0. The molecule has 0 saturated carbocycles. The van der Waals surface area contributed by atoms with Gasteiger partial charge >= 0.3 is 0 Å². The summed E-state index contributed by atoms with van der Waals surface area (Å²) < 4.78 is 0. The third kappa shape index (κ3) is 2.88. The zero-order valence-electron chi connectivity index (χ0n) is 5.97. The van der Waals surface area contributed by atoms with E-state index in [0.717, 1.165) is 10.5 Å². The van der Waals surface area contributed by atoms with Crippen LogP contribution in [0.5, 0.6) is 0 Å². The fourth-order valence-corrected chi connectivity index (χ4v) is 1.82. The molecule has 0 radical (unpaired) electrons. The van der Waals surface area contributed by atoms with Crippen molar-refractivity contribution in [2.24, 2.45) is 0 Å². The summed E-state index contributed by atoms with van der Waals surface area (Å²) in [5, 5.41) is 1.59. The first-order valence-corrected chi connectivity index (χ1v) is 5.35. The van der Waals surface area contributed by atoms with Crippen molar-refractivity contribution in [2.75, 3.05) is 12.5 Å². The van der Waals surface area contributed by atoms with E-state index < -0.39 is 0 Å². The molecule has 2 atom stereocenters. The molecule has 0 rings (SSSR count). The minimum atomic E-state index is 0.796. The van der Waals surface area contributed by atoms with E-state index in [1.807, 2.05) is 23.5 Å². The summed E-state index contributed by atoms with van der Waals surface area (Å²) in [7, 11) is 0. The van der Waals surface area contributed by atoms with Crippen LogP contribution in [0.25, 0.3) is 0 Å². The van der Waals surface area contributed by atoms with E-state index in [1.165, 1.54) is 0 Å². The molecule has 0 N–H and O–H groups in total. The van der Waals surface area contributed by atoms with Gasteiger partial charge in [-0.1, -0.05) is 13.8 Å². The van der Waals surface area contributed by atoms with Crippen LogP contribution in [-0.2, 0) is 0 Å². The van der Waals surface area contributed by atoms with Crippen LogP contribution in [0.1, 0.15) is 13.8 Å². The Morgan fingerprint density at radius 2 is 1.12 bits per heavy atom. The molecule has 0 fully saturated rings. The van der Waals surface area contributed by atoms with Gasteiger partial charge in [0.1, 0.15) is 0 Å². The molecule has 2 heteroatoms. The predicted molar refractivity (Wildman–Crippen MR) is 46.0 cm³/mol. The van der Waals surface area contributed by atoms with E-state index in [4.69, 9.17) is 0 Å². The summed E-state index contributed by atoms with van der Waals surface area (Å²) in [4.78, 5) is 0. The van der Waals surface area contributed by atoms with Gasteiger partial charge in [-0.05, 0) is 12.5 Å². The predicted octanol–water partition coefficient (Wildman–Crippen LogP) is 2.49. The molecule has 0 aliphatic heterocycles. The van der Waals surface area contributed by atoms with Crippen LogP contribution < -0.4 is 0 Å². The highest BCUT2D eigenvalue weighted by Gasteiger charge is 2.06. The summed E-state index contributed by atoms with van der Waals surface area (Å²) in [5.41, 5.74) is 0. The van der Waals surface area contributed by atoms with Gasteiger partial charge in [0.05, 0.1) is 0 Å². The van der Waals surface area contributed by atoms with Crippen LogP contribution in [0.4, 0.5) is 0 Å². The highest BCUT2D eigenvalue weighted by atomic mass is 32.2. The largest absolute Gasteiger partial charge is 0.161 e. The Hall–Kier alpha value is 0.700. The van der Waals surface area contributed by atoms with Gasteiger partial charge in [-0.2, -0.15) is 23.5 Å².